The Bertz CT molecular complexity index is 461. The molecular formula is C16H23FN2O. The highest BCUT2D eigenvalue weighted by molar-refractivity contribution is 5.91. The molecule has 0 heterocycles. The molecule has 1 fully saturated rings. The number of amides is 1. The predicted molar refractivity (Wildman–Crippen MR) is 79.0 cm³/mol. The van der Waals surface area contributed by atoms with Gasteiger partial charge in [-0.15, -0.1) is 0 Å². The fourth-order valence-corrected chi connectivity index (χ4v) is 3.11. The predicted octanol–water partition coefficient (Wildman–Crippen LogP) is 3.37. The van der Waals surface area contributed by atoms with Crippen LogP contribution in [0.2, 0.25) is 0 Å². The summed E-state index contributed by atoms with van der Waals surface area (Å²) in [6.45, 7) is 2.35. The van der Waals surface area contributed by atoms with Gasteiger partial charge in [-0.05, 0) is 55.5 Å². The lowest BCUT2D eigenvalue weighted by Crippen LogP contribution is -2.36. The maximum absolute atomic E-state index is 13.3. The van der Waals surface area contributed by atoms with Gasteiger partial charge in [-0.3, -0.25) is 4.79 Å². The third-order valence-corrected chi connectivity index (χ3v) is 4.21. The number of carbonyl (C=O) groups excluding carboxylic acids is 1. The molecule has 3 nitrogen and oxygen atoms in total. The van der Waals surface area contributed by atoms with Gasteiger partial charge in [0.15, 0.2) is 0 Å². The average molecular weight is 278 g/mol. The third-order valence-electron chi connectivity index (χ3n) is 4.21. The van der Waals surface area contributed by atoms with Crippen LogP contribution in [0.1, 0.15) is 44.1 Å². The van der Waals surface area contributed by atoms with E-state index in [4.69, 9.17) is 5.73 Å². The van der Waals surface area contributed by atoms with Gasteiger partial charge < -0.3 is 11.1 Å². The molecule has 0 aliphatic heterocycles. The minimum atomic E-state index is -0.327. The van der Waals surface area contributed by atoms with Crippen molar-refractivity contribution in [1.82, 2.24) is 0 Å². The normalized spacial score (nSPS) is 17.8. The van der Waals surface area contributed by atoms with Crippen molar-refractivity contribution in [2.75, 3.05) is 11.9 Å². The fourth-order valence-electron chi connectivity index (χ4n) is 3.11. The minimum Gasteiger partial charge on any atom is -0.330 e. The Morgan fingerprint density at radius 2 is 2.00 bits per heavy atom. The molecule has 0 bridgehead atoms. The van der Waals surface area contributed by atoms with E-state index in [0.717, 1.165) is 31.2 Å². The van der Waals surface area contributed by atoms with E-state index in [1.807, 2.05) is 0 Å². The van der Waals surface area contributed by atoms with Crippen molar-refractivity contribution in [2.45, 2.75) is 45.4 Å². The zero-order valence-corrected chi connectivity index (χ0v) is 12.0. The first-order valence-electron chi connectivity index (χ1n) is 7.30. The van der Waals surface area contributed by atoms with Gasteiger partial charge in [-0.2, -0.15) is 0 Å². The zero-order valence-electron chi connectivity index (χ0n) is 12.0. The molecule has 1 aliphatic rings. The van der Waals surface area contributed by atoms with Crippen LogP contribution in [0.15, 0.2) is 18.2 Å². The lowest BCUT2D eigenvalue weighted by atomic mass is 9.71. The highest BCUT2D eigenvalue weighted by Gasteiger charge is 2.32. The summed E-state index contributed by atoms with van der Waals surface area (Å²) in [7, 11) is 0. The van der Waals surface area contributed by atoms with Crippen molar-refractivity contribution in [3.05, 3.63) is 29.6 Å². The Kier molecular flexibility index (Phi) is 4.76. The molecule has 110 valence electrons. The summed E-state index contributed by atoms with van der Waals surface area (Å²) < 4.78 is 13.3. The van der Waals surface area contributed by atoms with Crippen LogP contribution in [0.4, 0.5) is 10.1 Å². The lowest BCUT2D eigenvalue weighted by molar-refractivity contribution is -0.118. The molecule has 1 aliphatic carbocycles. The minimum absolute atomic E-state index is 0.0648. The van der Waals surface area contributed by atoms with Gasteiger partial charge >= 0.3 is 0 Å². The second-order valence-corrected chi connectivity index (χ2v) is 6.01. The molecule has 1 saturated carbocycles. The van der Waals surface area contributed by atoms with Crippen LogP contribution in [-0.4, -0.2) is 12.5 Å². The molecule has 1 aromatic carbocycles. The van der Waals surface area contributed by atoms with E-state index in [-0.39, 0.29) is 17.1 Å². The van der Waals surface area contributed by atoms with Crippen LogP contribution >= 0.6 is 0 Å². The molecule has 4 heteroatoms. The number of hydrogen-bond donors (Lipinski definition) is 2. The Morgan fingerprint density at radius 3 is 2.60 bits per heavy atom. The highest BCUT2D eigenvalue weighted by atomic mass is 19.1. The largest absolute Gasteiger partial charge is 0.330 e. The number of benzene rings is 1. The molecule has 0 radical (unpaired) electrons. The second kappa shape index (κ2) is 6.35. The molecule has 2 rings (SSSR count). The van der Waals surface area contributed by atoms with Crippen LogP contribution < -0.4 is 11.1 Å². The van der Waals surface area contributed by atoms with Gasteiger partial charge in [-0.1, -0.05) is 19.3 Å². The molecule has 0 unspecified atom stereocenters. The van der Waals surface area contributed by atoms with Gasteiger partial charge in [0.25, 0.3) is 0 Å². The quantitative estimate of drug-likeness (QED) is 0.887. The topological polar surface area (TPSA) is 55.1 Å². The van der Waals surface area contributed by atoms with Gasteiger partial charge in [0.1, 0.15) is 5.82 Å². The van der Waals surface area contributed by atoms with Crippen LogP contribution in [0.25, 0.3) is 0 Å². The summed E-state index contributed by atoms with van der Waals surface area (Å²) in [6, 6.07) is 4.57. The highest BCUT2D eigenvalue weighted by Crippen LogP contribution is 2.38. The fraction of sp³-hybridized carbons (Fsp3) is 0.562. The van der Waals surface area contributed by atoms with E-state index in [1.54, 1.807) is 13.0 Å². The van der Waals surface area contributed by atoms with Crippen molar-refractivity contribution < 1.29 is 9.18 Å². The van der Waals surface area contributed by atoms with E-state index >= 15 is 0 Å². The Labute approximate surface area is 119 Å². The van der Waals surface area contributed by atoms with Gasteiger partial charge in [0.2, 0.25) is 5.91 Å². The van der Waals surface area contributed by atoms with Gasteiger partial charge in [0.05, 0.1) is 0 Å². The zero-order chi connectivity index (χ0) is 14.6. The maximum Gasteiger partial charge on any atom is 0.224 e. The molecule has 1 amide bonds. The molecule has 0 saturated heterocycles. The first kappa shape index (κ1) is 15.0. The van der Waals surface area contributed by atoms with Crippen molar-refractivity contribution in [3.63, 3.8) is 0 Å². The van der Waals surface area contributed by atoms with Crippen LogP contribution in [0.3, 0.4) is 0 Å². The Morgan fingerprint density at radius 1 is 1.30 bits per heavy atom. The van der Waals surface area contributed by atoms with Crippen molar-refractivity contribution in [3.8, 4) is 0 Å². The summed E-state index contributed by atoms with van der Waals surface area (Å²) in [5, 5.41) is 2.80. The molecule has 0 spiro atoms. The molecular weight excluding hydrogens is 255 g/mol. The van der Waals surface area contributed by atoms with Crippen molar-refractivity contribution in [1.29, 1.82) is 0 Å². The number of hydrogen-bond acceptors (Lipinski definition) is 2. The lowest BCUT2D eigenvalue weighted by Gasteiger charge is -2.35. The van der Waals surface area contributed by atoms with Gasteiger partial charge in [-0.25, -0.2) is 4.39 Å². The van der Waals surface area contributed by atoms with E-state index < -0.39 is 0 Å². The van der Waals surface area contributed by atoms with E-state index in [1.165, 1.54) is 18.6 Å². The number of halogens is 1. The first-order valence-corrected chi connectivity index (χ1v) is 7.30. The van der Waals surface area contributed by atoms with E-state index in [9.17, 15) is 9.18 Å². The smallest absolute Gasteiger partial charge is 0.224 e. The summed E-state index contributed by atoms with van der Waals surface area (Å²) in [5.74, 6) is -0.395. The summed E-state index contributed by atoms with van der Waals surface area (Å²) >= 11 is 0. The molecule has 3 N–H and O–H groups in total. The molecule has 0 aromatic heterocycles. The Balaban J connectivity index is 2.00. The number of rotatable bonds is 4. The van der Waals surface area contributed by atoms with E-state index in [2.05, 4.69) is 5.32 Å². The summed E-state index contributed by atoms with van der Waals surface area (Å²) in [5.41, 5.74) is 7.14. The van der Waals surface area contributed by atoms with Crippen LogP contribution in [0, 0.1) is 18.2 Å². The van der Waals surface area contributed by atoms with Crippen LogP contribution in [-0.2, 0) is 4.79 Å². The molecule has 1 aromatic rings. The molecule has 20 heavy (non-hydrogen) atoms. The Hall–Kier alpha value is -1.42. The van der Waals surface area contributed by atoms with Crippen molar-refractivity contribution in [2.24, 2.45) is 11.1 Å². The average Bonchev–Trinajstić information content (AvgIpc) is 2.38. The number of carbonyl (C=O) groups is 1. The van der Waals surface area contributed by atoms with E-state index in [0.29, 0.717) is 18.7 Å². The second-order valence-electron chi connectivity index (χ2n) is 6.01. The monoisotopic (exact) mass is 278 g/mol. The van der Waals surface area contributed by atoms with Crippen molar-refractivity contribution >= 4 is 11.6 Å². The number of aryl methyl sites for hydroxylation is 1. The summed E-state index contributed by atoms with van der Waals surface area (Å²) in [6.07, 6.45) is 5.97. The summed E-state index contributed by atoms with van der Waals surface area (Å²) in [4.78, 5) is 12.2. The first-order chi connectivity index (χ1) is 9.53. The standard InChI is InChI=1S/C16H23FN2O/c1-12-7-13(17)9-14(8-12)19-15(20)10-16(11-18)5-3-2-4-6-16/h7-9H,2-6,10-11,18H2,1H3,(H,19,20). The van der Waals surface area contributed by atoms with Gasteiger partial charge in [0, 0.05) is 12.1 Å². The third kappa shape index (κ3) is 3.79. The number of nitrogens with two attached hydrogens (primary N) is 1. The number of nitrogens with one attached hydrogen (secondary N) is 1. The maximum atomic E-state index is 13.3. The van der Waals surface area contributed by atoms with Crippen LogP contribution in [0.5, 0.6) is 0 Å². The molecule has 0 atom stereocenters. The SMILES string of the molecule is Cc1cc(F)cc(NC(=O)CC2(CN)CCCCC2)c1. The number of anilines is 1.